The Balaban J connectivity index is 2.54. The maximum absolute atomic E-state index is 11.7. The number of anilines is 1. The minimum Gasteiger partial charge on any atom is -0.394 e. The molecule has 0 fully saturated rings. The summed E-state index contributed by atoms with van der Waals surface area (Å²) in [7, 11) is 0. The summed E-state index contributed by atoms with van der Waals surface area (Å²) in [5, 5.41) is 2.91. The Labute approximate surface area is 104 Å². The zero-order chi connectivity index (χ0) is 12.4. The molecule has 0 amide bonds. The number of hydrogen-bond donors (Lipinski definition) is 2. The van der Waals surface area contributed by atoms with E-state index in [4.69, 9.17) is 5.73 Å². The van der Waals surface area contributed by atoms with Gasteiger partial charge in [-0.2, -0.15) is 0 Å². The van der Waals surface area contributed by atoms with Gasteiger partial charge in [0.1, 0.15) is 5.69 Å². The molecule has 0 saturated carbocycles. The Hall–Kier alpha value is -1.62. The molecule has 0 saturated heterocycles. The molecule has 0 unspecified atom stereocenters. The summed E-state index contributed by atoms with van der Waals surface area (Å²) in [6, 6.07) is 0. The minimum atomic E-state index is -0.203. The highest BCUT2D eigenvalue weighted by Crippen LogP contribution is 2.21. The van der Waals surface area contributed by atoms with E-state index in [1.54, 1.807) is 17.5 Å². The summed E-state index contributed by atoms with van der Waals surface area (Å²) >= 11 is 1.58. The smallest absolute Gasteiger partial charge is 0.271 e. The lowest BCUT2D eigenvalue weighted by Crippen LogP contribution is -2.18. The van der Waals surface area contributed by atoms with Gasteiger partial charge in [-0.3, -0.25) is 4.79 Å². The summed E-state index contributed by atoms with van der Waals surface area (Å²) in [5.41, 5.74) is 8.94. The first-order valence-electron chi connectivity index (χ1n) is 5.52. The maximum atomic E-state index is 11.7. The Morgan fingerprint density at radius 3 is 2.82 bits per heavy atom. The van der Waals surface area contributed by atoms with Crippen LogP contribution >= 0.6 is 11.3 Å². The van der Waals surface area contributed by atoms with E-state index in [1.807, 2.05) is 12.3 Å². The van der Waals surface area contributed by atoms with Crippen molar-refractivity contribution < 1.29 is 0 Å². The van der Waals surface area contributed by atoms with Crippen LogP contribution < -0.4 is 11.3 Å². The molecule has 90 valence electrons. The highest BCUT2D eigenvalue weighted by Gasteiger charge is 2.13. The van der Waals surface area contributed by atoms with E-state index in [9.17, 15) is 4.79 Å². The number of pyridine rings is 1. The predicted octanol–water partition coefficient (Wildman–Crippen LogP) is 1.88. The van der Waals surface area contributed by atoms with Crippen LogP contribution in [0.25, 0.3) is 0 Å². The zero-order valence-electron chi connectivity index (χ0n) is 9.91. The predicted molar refractivity (Wildman–Crippen MR) is 70.5 cm³/mol. The van der Waals surface area contributed by atoms with Gasteiger partial charge in [0.25, 0.3) is 5.56 Å². The average molecular weight is 249 g/mol. The first-order valence-corrected chi connectivity index (χ1v) is 6.40. The molecule has 0 aliphatic carbocycles. The number of rotatable bonds is 3. The van der Waals surface area contributed by atoms with Crippen molar-refractivity contribution in [1.82, 2.24) is 9.97 Å². The van der Waals surface area contributed by atoms with E-state index >= 15 is 0 Å². The van der Waals surface area contributed by atoms with Crippen molar-refractivity contribution in [2.24, 2.45) is 0 Å². The Morgan fingerprint density at radius 1 is 1.47 bits per heavy atom. The van der Waals surface area contributed by atoms with Gasteiger partial charge in [-0.1, -0.05) is 6.92 Å². The number of aromatic nitrogens is 2. The Morgan fingerprint density at radius 2 is 2.24 bits per heavy atom. The van der Waals surface area contributed by atoms with Crippen LogP contribution in [-0.2, 0) is 12.8 Å². The average Bonchev–Trinajstić information content (AvgIpc) is 2.78. The zero-order valence-corrected chi connectivity index (χ0v) is 10.7. The van der Waals surface area contributed by atoms with Gasteiger partial charge in [0.15, 0.2) is 0 Å². The molecule has 0 spiro atoms. The summed E-state index contributed by atoms with van der Waals surface area (Å²) in [6.07, 6.45) is 3.26. The van der Waals surface area contributed by atoms with Crippen LogP contribution in [0.4, 0.5) is 5.69 Å². The van der Waals surface area contributed by atoms with Crippen molar-refractivity contribution in [2.75, 3.05) is 5.73 Å². The van der Waals surface area contributed by atoms with Crippen molar-refractivity contribution >= 4 is 17.0 Å². The molecule has 17 heavy (non-hydrogen) atoms. The Bertz CT molecular complexity index is 572. The van der Waals surface area contributed by atoms with Gasteiger partial charge in [0.2, 0.25) is 0 Å². The fraction of sp³-hybridized carbons (Fsp3) is 0.333. The first-order chi connectivity index (χ1) is 8.13. The van der Waals surface area contributed by atoms with Crippen LogP contribution in [-0.4, -0.2) is 9.97 Å². The number of nitrogens with zero attached hydrogens (tertiary/aromatic N) is 1. The molecule has 2 aromatic rings. The van der Waals surface area contributed by atoms with Crippen molar-refractivity contribution in [2.45, 2.75) is 26.7 Å². The lowest BCUT2D eigenvalue weighted by molar-refractivity contribution is 0.975. The van der Waals surface area contributed by atoms with Crippen molar-refractivity contribution in [1.29, 1.82) is 0 Å². The van der Waals surface area contributed by atoms with Gasteiger partial charge < -0.3 is 10.7 Å². The minimum absolute atomic E-state index is 0.203. The number of nitrogens with two attached hydrogens (primary N) is 1. The quantitative estimate of drug-likeness (QED) is 0.872. The van der Waals surface area contributed by atoms with Gasteiger partial charge in [-0.05, 0) is 24.5 Å². The monoisotopic (exact) mass is 249 g/mol. The van der Waals surface area contributed by atoms with E-state index in [0.29, 0.717) is 12.1 Å². The lowest BCUT2D eigenvalue weighted by atomic mass is 10.0. The molecule has 0 aliphatic heterocycles. The molecule has 0 aromatic carbocycles. The molecule has 4 nitrogen and oxygen atoms in total. The number of thiazole rings is 1. The molecule has 0 radical (unpaired) electrons. The van der Waals surface area contributed by atoms with Gasteiger partial charge in [0.05, 0.1) is 5.01 Å². The molecule has 0 aliphatic rings. The summed E-state index contributed by atoms with van der Waals surface area (Å²) in [6.45, 7) is 3.97. The second-order valence-electron chi connectivity index (χ2n) is 3.91. The second-order valence-corrected chi connectivity index (χ2v) is 4.89. The van der Waals surface area contributed by atoms with Crippen LogP contribution in [0.3, 0.4) is 0 Å². The number of hydrogen-bond acceptors (Lipinski definition) is 4. The molecule has 0 atom stereocenters. The Kier molecular flexibility index (Phi) is 3.28. The van der Waals surface area contributed by atoms with Gasteiger partial charge >= 0.3 is 0 Å². The number of nitrogen functional groups attached to an aromatic ring is 1. The SMILES string of the molecule is CCc1c(C)[nH]c(=O)c(N)c1Cc1nccs1. The molecular formula is C12H15N3OS. The van der Waals surface area contributed by atoms with Crippen LogP contribution in [0.1, 0.15) is 28.8 Å². The first kappa shape index (κ1) is 11.9. The number of H-pyrrole nitrogens is 1. The van der Waals surface area contributed by atoms with Gasteiger partial charge in [-0.15, -0.1) is 11.3 Å². The van der Waals surface area contributed by atoms with E-state index in [0.717, 1.165) is 28.2 Å². The molecule has 2 rings (SSSR count). The topological polar surface area (TPSA) is 71.8 Å². The second kappa shape index (κ2) is 4.71. The summed E-state index contributed by atoms with van der Waals surface area (Å²) < 4.78 is 0. The number of aryl methyl sites for hydroxylation is 1. The van der Waals surface area contributed by atoms with Crippen molar-refractivity contribution in [3.63, 3.8) is 0 Å². The van der Waals surface area contributed by atoms with Crippen LogP contribution in [0.15, 0.2) is 16.4 Å². The largest absolute Gasteiger partial charge is 0.394 e. The highest BCUT2D eigenvalue weighted by molar-refractivity contribution is 7.09. The van der Waals surface area contributed by atoms with Crippen LogP contribution in [0.2, 0.25) is 0 Å². The molecule has 3 N–H and O–H groups in total. The van der Waals surface area contributed by atoms with E-state index in [2.05, 4.69) is 16.9 Å². The number of aromatic amines is 1. The lowest BCUT2D eigenvalue weighted by Gasteiger charge is -2.12. The van der Waals surface area contributed by atoms with E-state index < -0.39 is 0 Å². The molecule has 2 aromatic heterocycles. The molecule has 0 bridgehead atoms. The van der Waals surface area contributed by atoms with Gasteiger partial charge in [0, 0.05) is 23.7 Å². The van der Waals surface area contributed by atoms with Gasteiger partial charge in [-0.25, -0.2) is 4.98 Å². The van der Waals surface area contributed by atoms with Crippen LogP contribution in [0, 0.1) is 6.92 Å². The fourth-order valence-corrected chi connectivity index (χ4v) is 2.64. The third kappa shape index (κ3) is 2.24. The number of nitrogens with one attached hydrogen (secondary N) is 1. The third-order valence-corrected chi connectivity index (χ3v) is 3.63. The molecular weight excluding hydrogens is 234 g/mol. The summed E-state index contributed by atoms with van der Waals surface area (Å²) in [4.78, 5) is 18.7. The molecule has 2 heterocycles. The molecule has 5 heteroatoms. The highest BCUT2D eigenvalue weighted by atomic mass is 32.1. The van der Waals surface area contributed by atoms with E-state index in [1.165, 1.54) is 0 Å². The summed E-state index contributed by atoms with van der Waals surface area (Å²) in [5.74, 6) is 0. The standard InChI is InChI=1S/C12H15N3OS/c1-3-8-7(2)15-12(16)11(13)9(8)6-10-14-4-5-17-10/h4-5H,3,6,13H2,1-2H3,(H,15,16). The normalized spacial score (nSPS) is 10.7. The fourth-order valence-electron chi connectivity index (χ4n) is 2.01. The third-order valence-electron chi connectivity index (χ3n) is 2.85. The van der Waals surface area contributed by atoms with Crippen molar-refractivity contribution in [3.8, 4) is 0 Å². The maximum Gasteiger partial charge on any atom is 0.271 e. The van der Waals surface area contributed by atoms with E-state index in [-0.39, 0.29) is 5.56 Å². The van der Waals surface area contributed by atoms with Crippen LogP contribution in [0.5, 0.6) is 0 Å². The van der Waals surface area contributed by atoms with Crippen molar-refractivity contribution in [3.05, 3.63) is 43.8 Å².